The standard InChI is InChI=1S/C23H24N6O2S/c24-11-16-4-1-2-5-18(16)13-28-21(27-8-3-6-19(26)14-27)10-22(30)29(23(28)31)15-20-17(12-25)7-9-32-20/h1-2,4-5,10,19H,3,6-9,13-15,26H2/t19-/m1/s1. The maximum Gasteiger partial charge on any atom is 0.333 e. The van der Waals surface area contributed by atoms with Crippen LogP contribution in [-0.2, 0) is 13.1 Å². The van der Waals surface area contributed by atoms with Gasteiger partial charge in [0.25, 0.3) is 5.56 Å². The van der Waals surface area contributed by atoms with E-state index in [-0.39, 0.29) is 19.1 Å². The third-order valence-electron chi connectivity index (χ3n) is 5.91. The van der Waals surface area contributed by atoms with Crippen molar-refractivity contribution in [1.29, 1.82) is 10.5 Å². The number of thioether (sulfide) groups is 1. The molecule has 2 N–H and O–H groups in total. The predicted molar refractivity (Wildman–Crippen MR) is 124 cm³/mol. The van der Waals surface area contributed by atoms with Gasteiger partial charge in [0.15, 0.2) is 0 Å². The lowest BCUT2D eigenvalue weighted by atomic mass is 10.1. The molecule has 0 spiro atoms. The minimum Gasteiger partial charge on any atom is -0.356 e. The van der Waals surface area contributed by atoms with Gasteiger partial charge in [0, 0.05) is 41.4 Å². The van der Waals surface area contributed by atoms with Crippen LogP contribution in [0.1, 0.15) is 30.4 Å². The lowest BCUT2D eigenvalue weighted by Crippen LogP contribution is -2.48. The summed E-state index contributed by atoms with van der Waals surface area (Å²) in [5.74, 6) is 1.30. The van der Waals surface area contributed by atoms with Gasteiger partial charge in [0.2, 0.25) is 0 Å². The monoisotopic (exact) mass is 448 g/mol. The molecule has 0 amide bonds. The molecule has 1 fully saturated rings. The highest BCUT2D eigenvalue weighted by Gasteiger charge is 2.24. The van der Waals surface area contributed by atoms with Crippen molar-refractivity contribution in [2.45, 2.75) is 38.4 Å². The molecular formula is C23H24N6O2S. The lowest BCUT2D eigenvalue weighted by molar-refractivity contribution is 0.490. The van der Waals surface area contributed by atoms with Crippen molar-refractivity contribution in [3.8, 4) is 12.1 Å². The highest BCUT2D eigenvalue weighted by molar-refractivity contribution is 8.03. The summed E-state index contributed by atoms with van der Waals surface area (Å²) in [5.41, 5.74) is 7.14. The third kappa shape index (κ3) is 4.36. The van der Waals surface area contributed by atoms with Crippen LogP contribution in [0.3, 0.4) is 0 Å². The Kier molecular flexibility index (Phi) is 6.50. The van der Waals surface area contributed by atoms with Crippen LogP contribution in [0.15, 0.2) is 50.4 Å². The van der Waals surface area contributed by atoms with E-state index in [2.05, 4.69) is 12.1 Å². The highest BCUT2D eigenvalue weighted by Crippen LogP contribution is 2.31. The number of nitrogens with zero attached hydrogens (tertiary/aromatic N) is 5. The Hall–Kier alpha value is -3.27. The van der Waals surface area contributed by atoms with Gasteiger partial charge in [-0.25, -0.2) is 4.79 Å². The van der Waals surface area contributed by atoms with E-state index >= 15 is 0 Å². The number of aromatic nitrogens is 2. The molecule has 0 bridgehead atoms. The van der Waals surface area contributed by atoms with E-state index in [1.165, 1.54) is 22.4 Å². The minimum atomic E-state index is -0.448. The normalized spacial score (nSPS) is 18.5. The smallest absolute Gasteiger partial charge is 0.333 e. The van der Waals surface area contributed by atoms with Crippen molar-refractivity contribution in [2.24, 2.45) is 5.73 Å². The molecule has 1 saturated heterocycles. The molecule has 1 aromatic carbocycles. The second-order valence-corrected chi connectivity index (χ2v) is 9.21. The summed E-state index contributed by atoms with van der Waals surface area (Å²) in [5, 5.41) is 18.9. The first-order chi connectivity index (χ1) is 15.5. The molecule has 1 aromatic heterocycles. The van der Waals surface area contributed by atoms with E-state index in [0.717, 1.165) is 23.5 Å². The average molecular weight is 449 g/mol. The summed E-state index contributed by atoms with van der Waals surface area (Å²) in [7, 11) is 0. The molecule has 9 heteroatoms. The van der Waals surface area contributed by atoms with Crippen LogP contribution in [0.2, 0.25) is 0 Å². The number of allylic oxidation sites excluding steroid dienone is 2. The molecule has 0 saturated carbocycles. The van der Waals surface area contributed by atoms with Gasteiger partial charge in [0.1, 0.15) is 5.82 Å². The van der Waals surface area contributed by atoms with E-state index < -0.39 is 11.2 Å². The lowest BCUT2D eigenvalue weighted by Gasteiger charge is -2.34. The van der Waals surface area contributed by atoms with Crippen molar-refractivity contribution >= 4 is 17.6 Å². The van der Waals surface area contributed by atoms with Crippen LogP contribution < -0.4 is 21.9 Å². The van der Waals surface area contributed by atoms with Gasteiger partial charge in [-0.15, -0.1) is 11.8 Å². The van der Waals surface area contributed by atoms with Gasteiger partial charge < -0.3 is 10.6 Å². The van der Waals surface area contributed by atoms with Crippen LogP contribution in [0, 0.1) is 22.7 Å². The fourth-order valence-corrected chi connectivity index (χ4v) is 5.32. The van der Waals surface area contributed by atoms with Gasteiger partial charge >= 0.3 is 5.69 Å². The molecule has 4 rings (SSSR count). The number of rotatable bonds is 5. The van der Waals surface area contributed by atoms with Crippen LogP contribution in [0.4, 0.5) is 5.82 Å². The van der Waals surface area contributed by atoms with Gasteiger partial charge in [-0.05, 0) is 30.9 Å². The molecule has 0 aliphatic carbocycles. The minimum absolute atomic E-state index is 0.0284. The average Bonchev–Trinajstić information content (AvgIpc) is 3.26. The zero-order valence-electron chi connectivity index (χ0n) is 17.7. The Labute approximate surface area is 190 Å². The van der Waals surface area contributed by atoms with E-state index in [4.69, 9.17) is 5.73 Å². The summed E-state index contributed by atoms with van der Waals surface area (Å²) in [4.78, 5) is 29.4. The summed E-state index contributed by atoms with van der Waals surface area (Å²) in [6, 6.07) is 13.0. The fourth-order valence-electron chi connectivity index (χ4n) is 4.22. The number of hydrogen-bond acceptors (Lipinski definition) is 7. The van der Waals surface area contributed by atoms with Crippen LogP contribution in [0.25, 0.3) is 0 Å². The van der Waals surface area contributed by atoms with Crippen molar-refractivity contribution < 1.29 is 0 Å². The van der Waals surface area contributed by atoms with Crippen molar-refractivity contribution in [2.75, 3.05) is 23.7 Å². The maximum atomic E-state index is 13.6. The molecule has 164 valence electrons. The third-order valence-corrected chi connectivity index (χ3v) is 7.04. The Balaban J connectivity index is 1.83. The van der Waals surface area contributed by atoms with E-state index in [1.54, 1.807) is 16.7 Å². The topological polar surface area (TPSA) is 121 Å². The number of nitrogens with two attached hydrogens (primary N) is 1. The summed E-state index contributed by atoms with van der Waals surface area (Å²) in [6.07, 6.45) is 2.43. The van der Waals surface area contributed by atoms with Crippen LogP contribution >= 0.6 is 11.8 Å². The Morgan fingerprint density at radius 1 is 1.12 bits per heavy atom. The highest BCUT2D eigenvalue weighted by atomic mass is 32.2. The van der Waals surface area contributed by atoms with Crippen molar-refractivity contribution in [3.63, 3.8) is 0 Å². The molecule has 32 heavy (non-hydrogen) atoms. The summed E-state index contributed by atoms with van der Waals surface area (Å²) < 4.78 is 2.75. The Morgan fingerprint density at radius 2 is 1.94 bits per heavy atom. The van der Waals surface area contributed by atoms with Crippen molar-refractivity contribution in [1.82, 2.24) is 9.13 Å². The zero-order valence-corrected chi connectivity index (χ0v) is 18.5. The first kappa shape index (κ1) is 21.9. The first-order valence-electron chi connectivity index (χ1n) is 10.6. The second kappa shape index (κ2) is 9.47. The number of piperidine rings is 1. The number of benzene rings is 1. The van der Waals surface area contributed by atoms with Crippen LogP contribution in [0.5, 0.6) is 0 Å². The predicted octanol–water partition coefficient (Wildman–Crippen LogP) is 1.77. The molecule has 2 aliphatic heterocycles. The van der Waals surface area contributed by atoms with E-state index in [0.29, 0.717) is 42.0 Å². The van der Waals surface area contributed by atoms with E-state index in [9.17, 15) is 20.1 Å². The first-order valence-corrected chi connectivity index (χ1v) is 11.6. The number of anilines is 1. The number of nitriles is 2. The molecule has 1 atom stereocenters. The molecule has 0 unspecified atom stereocenters. The summed E-state index contributed by atoms with van der Waals surface area (Å²) >= 11 is 1.52. The second-order valence-electron chi connectivity index (χ2n) is 8.02. The zero-order chi connectivity index (χ0) is 22.7. The Bertz CT molecular complexity index is 1260. The van der Waals surface area contributed by atoms with Crippen LogP contribution in [-0.4, -0.2) is 34.0 Å². The fraction of sp³-hybridized carbons (Fsp3) is 0.391. The van der Waals surface area contributed by atoms with Gasteiger partial charge in [0.05, 0.1) is 30.8 Å². The number of hydrogen-bond donors (Lipinski definition) is 1. The molecular weight excluding hydrogens is 424 g/mol. The largest absolute Gasteiger partial charge is 0.356 e. The van der Waals surface area contributed by atoms with Crippen molar-refractivity contribution in [3.05, 3.63) is 72.8 Å². The molecule has 8 nitrogen and oxygen atoms in total. The SMILES string of the molecule is N#CC1=C(Cn2c(=O)cc(N3CCC[C@@H](N)C3)n(Cc3ccccc3C#N)c2=O)SCC1. The summed E-state index contributed by atoms with van der Waals surface area (Å²) in [6.45, 7) is 1.52. The van der Waals surface area contributed by atoms with Gasteiger partial charge in [-0.3, -0.25) is 13.9 Å². The molecule has 2 aromatic rings. The quantitative estimate of drug-likeness (QED) is 0.740. The molecule has 3 heterocycles. The molecule has 2 aliphatic rings. The maximum absolute atomic E-state index is 13.6. The Morgan fingerprint density at radius 3 is 2.69 bits per heavy atom. The van der Waals surface area contributed by atoms with Gasteiger partial charge in [-0.1, -0.05) is 18.2 Å². The van der Waals surface area contributed by atoms with Gasteiger partial charge in [-0.2, -0.15) is 10.5 Å². The van der Waals surface area contributed by atoms with E-state index in [1.807, 2.05) is 17.0 Å². The molecule has 0 radical (unpaired) electrons.